The van der Waals surface area contributed by atoms with Gasteiger partial charge in [0.1, 0.15) is 45.4 Å². The molecule has 0 saturated carbocycles. The molecule has 2 amide bonds. The zero-order valence-electron chi connectivity index (χ0n) is 67.9. The maximum atomic E-state index is 14.8. The van der Waals surface area contributed by atoms with Crippen molar-refractivity contribution in [1.82, 2.24) is 9.97 Å². The first-order valence-corrected chi connectivity index (χ1v) is 39.0. The van der Waals surface area contributed by atoms with E-state index in [0.717, 1.165) is 0 Å². The molecule has 5 aliphatic rings. The SMILES string of the molecule is CO[C@H]1/C=C/O[C@@]2(C)Oc3c(C)c(O)c4c(=O)c(c5oc6cc(N7CCC(N)CC7)cc(=O)c6nc5c4c3=C2O)NC(=O)/C(C)=C\C=C\[C@H](C)[C@H](O)[C@@H](C)[C@@H](O)[C@@H](C)[C@H](O)[C@@H]1C.CO[C@H]1/C=C/O[C@@]2(C)Oc3c(C)c(O)c4c(=O)c(c5oc6cccc(=O)c6nc5c4c3=C2O)NC(=O)/C(C)=C\C=C\[C@H](C)[C@H](O)[C@@H](C)[C@@H](O)[C@@H](C)[C@H](O)[C@@H]1C. The van der Waals surface area contributed by atoms with E-state index in [1.54, 1.807) is 85.8 Å². The Labute approximate surface area is 671 Å². The summed E-state index contributed by atoms with van der Waals surface area (Å²) in [6.07, 6.45) is 8.32. The van der Waals surface area contributed by atoms with Crippen LogP contribution in [0.5, 0.6) is 23.0 Å². The highest BCUT2D eigenvalue weighted by Crippen LogP contribution is 2.45. The lowest BCUT2D eigenvalue weighted by atomic mass is 9.78. The number of hydrogen-bond acceptors (Lipinski definition) is 28. The molecule has 117 heavy (non-hydrogen) atoms. The van der Waals surface area contributed by atoms with E-state index >= 15 is 0 Å². The van der Waals surface area contributed by atoms with Crippen molar-refractivity contribution in [2.45, 2.75) is 176 Å². The van der Waals surface area contributed by atoms with Gasteiger partial charge in [-0.3, -0.25) is 28.8 Å². The second kappa shape index (κ2) is 33.3. The number of phenolic OH excluding ortho intramolecular Hbond substituents is 2. The van der Waals surface area contributed by atoms with Gasteiger partial charge in [0, 0.05) is 145 Å². The lowest BCUT2D eigenvalue weighted by molar-refractivity contribution is -0.113. The zero-order valence-corrected chi connectivity index (χ0v) is 67.9. The Hall–Kier alpha value is -10.8. The van der Waals surface area contributed by atoms with E-state index in [4.69, 9.17) is 48.0 Å². The largest absolute Gasteiger partial charge is 0.507 e. The van der Waals surface area contributed by atoms with Crippen molar-refractivity contribution in [1.29, 1.82) is 0 Å². The van der Waals surface area contributed by atoms with E-state index in [1.807, 2.05) is 4.90 Å². The predicted molar refractivity (Wildman–Crippen MR) is 440 cm³/mol. The average Bonchev–Trinajstić information content (AvgIpc) is 1.64. The minimum atomic E-state index is -1.95. The number of rotatable bonds is 3. The number of piperidine rings is 1. The second-order valence-electron chi connectivity index (χ2n) is 32.0. The van der Waals surface area contributed by atoms with Crippen molar-refractivity contribution < 1.29 is 97.9 Å². The van der Waals surface area contributed by atoms with Crippen LogP contribution in [0.15, 0.2) is 131 Å². The number of para-hydroxylation sites is 1. The molecule has 6 aromatic carbocycles. The Morgan fingerprint density at radius 2 is 0.897 bits per heavy atom. The second-order valence-corrected chi connectivity index (χ2v) is 32.0. The maximum Gasteiger partial charge on any atom is 0.307 e. The molecule has 0 radical (unpaired) electrons. The van der Waals surface area contributed by atoms with Gasteiger partial charge in [-0.05, 0) is 64.8 Å². The van der Waals surface area contributed by atoms with Gasteiger partial charge in [0.2, 0.25) is 21.7 Å². The summed E-state index contributed by atoms with van der Waals surface area (Å²) in [6, 6.07) is 7.32. The quantitative estimate of drug-likeness (QED) is 0.0590. The van der Waals surface area contributed by atoms with Crippen LogP contribution < -0.4 is 62.9 Å². The van der Waals surface area contributed by atoms with Gasteiger partial charge in [-0.25, -0.2) is 9.97 Å². The van der Waals surface area contributed by atoms with Crippen LogP contribution in [-0.2, 0) is 28.5 Å². The number of aliphatic hydroxyl groups excluding tert-OH is 8. The summed E-state index contributed by atoms with van der Waals surface area (Å²) in [7, 11) is 2.88. The van der Waals surface area contributed by atoms with Crippen molar-refractivity contribution in [3.8, 4) is 23.0 Å². The number of aromatic hydroxyl groups is 2. The number of anilines is 3. The van der Waals surface area contributed by atoms with Crippen molar-refractivity contribution in [2.75, 3.05) is 42.8 Å². The number of aromatic nitrogens is 2. The summed E-state index contributed by atoms with van der Waals surface area (Å²) in [5, 5.41) is 119. The highest BCUT2D eigenvalue weighted by molar-refractivity contribution is 6.18. The van der Waals surface area contributed by atoms with Gasteiger partial charge in [-0.2, -0.15) is 0 Å². The van der Waals surface area contributed by atoms with Gasteiger partial charge in [-0.15, -0.1) is 0 Å². The smallest absolute Gasteiger partial charge is 0.307 e. The van der Waals surface area contributed by atoms with E-state index in [9.17, 15) is 79.8 Å². The normalized spacial score (nSPS) is 31.4. The van der Waals surface area contributed by atoms with Crippen LogP contribution in [0.3, 0.4) is 0 Å². The summed E-state index contributed by atoms with van der Waals surface area (Å²) in [4.78, 5) is 94.9. The van der Waals surface area contributed by atoms with Gasteiger partial charge >= 0.3 is 11.6 Å². The van der Waals surface area contributed by atoms with Crippen LogP contribution in [0.25, 0.3) is 77.5 Å². The molecule has 0 spiro atoms. The molecule has 0 aliphatic carbocycles. The van der Waals surface area contributed by atoms with Crippen molar-refractivity contribution in [3.05, 3.63) is 165 Å². The molecule has 624 valence electrons. The Morgan fingerprint density at radius 1 is 0.504 bits per heavy atom. The number of benzene rings is 6. The molecule has 1 fully saturated rings. The summed E-state index contributed by atoms with van der Waals surface area (Å²) in [5.41, 5.74) is 2.75. The lowest BCUT2D eigenvalue weighted by Gasteiger charge is -2.36. The Balaban J connectivity index is 0.000000217. The number of methoxy groups -OCH3 is 2. The first kappa shape index (κ1) is 85.6. The molecule has 8 bridgehead atoms. The molecule has 0 unspecified atom stereocenters. The van der Waals surface area contributed by atoms with Gasteiger partial charge in [0.15, 0.2) is 44.9 Å². The van der Waals surface area contributed by atoms with Crippen LogP contribution >= 0.6 is 0 Å². The molecular formula is C87H102N6O24. The van der Waals surface area contributed by atoms with Crippen molar-refractivity contribution >= 4 is 106 Å². The number of ether oxygens (including phenoxy) is 6. The number of allylic oxidation sites excluding steroid dienone is 4. The van der Waals surface area contributed by atoms with Crippen LogP contribution in [0.4, 0.5) is 17.1 Å². The number of nitrogens with zero attached hydrogens (tertiary/aromatic N) is 3. The molecular weight excluding hydrogens is 1510 g/mol. The molecule has 30 heteroatoms. The van der Waals surface area contributed by atoms with Gasteiger partial charge < -0.3 is 110 Å². The topological polar surface area (TPSA) is 465 Å². The molecule has 1 saturated heterocycles. The minimum absolute atomic E-state index is 0.0154. The summed E-state index contributed by atoms with van der Waals surface area (Å²) < 4.78 is 48.4. The number of amides is 2. The van der Waals surface area contributed by atoms with Crippen LogP contribution in [-0.4, -0.2) is 167 Å². The standard InChI is InChI=1S/C46H56N4O12.C41H46N2O12/c1-20-10-9-11-21(2)45(58)49-36-41(56)32-31(35-43(36)61-30-19-27(18-28(51)34(30)48-35)50-15-12-26(47)13-16-50)33-42(25(6)40(32)55)62-46(7,44(33)57)60-17-14-29(59-8)22(3)38(53)24(5)39(54)23(4)37(20)52;1-17-11-9-12-18(2)40(51)43-31-36(49)27-26(30-38(31)54-25-14-10-13-23(44)29(25)42-30)28-37(22(6)35(27)48)55-41(7,39(28)50)53-16-15-24(52-8)19(3)33(46)21(5)34(47)20(4)32(17)45/h9-11,14,17-20,22-24,26,29,37-39,52-55,57H,12-13,15-16,47H2,1-8H3,(H,49,58);9-17,19-21,24,32-34,45-48,50H,1-8H3,(H,43,51)/b10-9+,17-14+,21-11-;11-9+,16-15+,18-12-/t20-,22+,23+,24-,29-,37-,38+,39+,46-;17-,19+,20+,21-,24-,32-,33+,34+,41-/m00/s1. The molecule has 18 atom stereocenters. The van der Waals surface area contributed by atoms with Gasteiger partial charge in [0.25, 0.3) is 11.8 Å². The molecule has 30 nitrogen and oxygen atoms in total. The van der Waals surface area contributed by atoms with E-state index in [1.165, 1.54) is 117 Å². The number of aliphatic hydroxyl groups is 8. The zero-order chi connectivity index (χ0) is 85.4. The molecule has 7 heterocycles. The Kier molecular flexibility index (Phi) is 24.4. The van der Waals surface area contributed by atoms with E-state index < -0.39 is 164 Å². The minimum Gasteiger partial charge on any atom is -0.507 e. The Morgan fingerprint density at radius 3 is 1.32 bits per heavy atom. The third-order valence-electron chi connectivity index (χ3n) is 24.2. The highest BCUT2D eigenvalue weighted by atomic mass is 16.7. The summed E-state index contributed by atoms with van der Waals surface area (Å²) >= 11 is 0. The molecule has 13 rings (SSSR count). The first-order chi connectivity index (χ1) is 55.2. The number of nitrogens with two attached hydrogens (primary N) is 1. The number of carbonyl (C=O) groups is 2. The van der Waals surface area contributed by atoms with Crippen LogP contribution in [0, 0.1) is 61.2 Å². The summed E-state index contributed by atoms with van der Waals surface area (Å²) in [5.74, 6) is -12.4. The van der Waals surface area contributed by atoms with Gasteiger partial charge in [0.05, 0.1) is 82.6 Å². The van der Waals surface area contributed by atoms with E-state index in [-0.39, 0.29) is 128 Å². The predicted octanol–water partition coefficient (Wildman–Crippen LogP) is 7.91. The number of carbonyl (C=O) groups excluding carboxylic acids is 2. The van der Waals surface area contributed by atoms with Gasteiger partial charge in [-0.1, -0.05) is 97.9 Å². The number of phenols is 2. The van der Waals surface area contributed by atoms with Crippen LogP contribution in [0.1, 0.15) is 107 Å². The fraction of sp³-hybridized carbons (Fsp3) is 0.448. The molecule has 8 aromatic rings. The highest BCUT2D eigenvalue weighted by Gasteiger charge is 2.47. The third kappa shape index (κ3) is 15.5. The number of hydrogen-bond donors (Lipinski definition) is 13. The lowest BCUT2D eigenvalue weighted by Crippen LogP contribution is -2.44. The monoisotopic (exact) mass is 1610 g/mol. The Bertz CT molecular complexity index is 5890. The fourth-order valence-electron chi connectivity index (χ4n) is 16.2. The van der Waals surface area contributed by atoms with E-state index in [0.29, 0.717) is 31.6 Å². The fourth-order valence-corrected chi connectivity index (χ4v) is 16.2. The first-order valence-electron chi connectivity index (χ1n) is 39.0. The maximum absolute atomic E-state index is 14.8. The van der Waals surface area contributed by atoms with Crippen LogP contribution in [0.2, 0.25) is 0 Å². The summed E-state index contributed by atoms with van der Waals surface area (Å²) in [6.45, 7) is 23.7. The molecule has 14 N–H and O–H groups in total. The van der Waals surface area contributed by atoms with E-state index in [2.05, 4.69) is 15.6 Å². The number of nitrogens with one attached hydrogen (secondary N) is 2. The molecule has 2 aromatic heterocycles. The molecule has 5 aliphatic heterocycles. The number of fused-ring (bicyclic) bond motifs is 4. The van der Waals surface area contributed by atoms with Crippen molar-refractivity contribution in [3.63, 3.8) is 0 Å². The average molecular weight is 1620 g/mol. The third-order valence-corrected chi connectivity index (χ3v) is 24.2. The van der Waals surface area contributed by atoms with Crippen molar-refractivity contribution in [2.24, 2.45) is 53.1 Å².